The third-order valence-electron chi connectivity index (χ3n) is 3.54. The Morgan fingerprint density at radius 3 is 2.58 bits per heavy atom. The van der Waals surface area contributed by atoms with Crippen molar-refractivity contribution in [1.29, 1.82) is 0 Å². The lowest BCUT2D eigenvalue weighted by molar-refractivity contribution is -0.114. The lowest BCUT2D eigenvalue weighted by atomic mass is 10.2. The highest BCUT2D eigenvalue weighted by Crippen LogP contribution is 2.36. The van der Waals surface area contributed by atoms with Crippen molar-refractivity contribution in [2.75, 3.05) is 29.2 Å². The van der Waals surface area contributed by atoms with Crippen LogP contribution in [-0.4, -0.2) is 33.9 Å². The molecular weight excluding hydrogens is 370 g/mol. The van der Waals surface area contributed by atoms with Crippen LogP contribution in [0.2, 0.25) is 0 Å². The maximum absolute atomic E-state index is 13.6. The molecule has 0 radical (unpaired) electrons. The third-order valence-corrected chi connectivity index (χ3v) is 4.68. The zero-order chi connectivity index (χ0) is 18.9. The SMILES string of the molecule is CS(=O)(=O)N(CC(=O)Nc1ccc(F)cc1F)c1ccc2c(c1)OCO2. The molecule has 0 spiro atoms. The van der Waals surface area contributed by atoms with Gasteiger partial charge >= 0.3 is 0 Å². The van der Waals surface area contributed by atoms with Crippen LogP contribution in [0.15, 0.2) is 36.4 Å². The van der Waals surface area contributed by atoms with E-state index in [2.05, 4.69) is 5.32 Å². The van der Waals surface area contributed by atoms with Gasteiger partial charge in [0.2, 0.25) is 22.7 Å². The molecule has 138 valence electrons. The largest absolute Gasteiger partial charge is 0.454 e. The Morgan fingerprint density at radius 1 is 1.15 bits per heavy atom. The van der Waals surface area contributed by atoms with Gasteiger partial charge in [0.15, 0.2) is 11.5 Å². The smallest absolute Gasteiger partial charge is 0.245 e. The molecule has 2 aromatic carbocycles. The van der Waals surface area contributed by atoms with Crippen molar-refractivity contribution in [3.63, 3.8) is 0 Å². The third kappa shape index (κ3) is 3.85. The second-order valence-corrected chi connectivity index (χ2v) is 7.39. The van der Waals surface area contributed by atoms with Gasteiger partial charge in [-0.2, -0.15) is 0 Å². The lowest BCUT2D eigenvalue weighted by Crippen LogP contribution is -2.37. The first-order valence-electron chi connectivity index (χ1n) is 7.36. The molecule has 10 heteroatoms. The molecule has 3 rings (SSSR count). The summed E-state index contributed by atoms with van der Waals surface area (Å²) < 4.78 is 61.9. The van der Waals surface area contributed by atoms with Crippen LogP contribution in [0.3, 0.4) is 0 Å². The fourth-order valence-corrected chi connectivity index (χ4v) is 3.20. The van der Waals surface area contributed by atoms with E-state index in [1.165, 1.54) is 18.2 Å². The predicted molar refractivity (Wildman–Crippen MR) is 89.7 cm³/mol. The summed E-state index contributed by atoms with van der Waals surface area (Å²) in [6.45, 7) is -0.586. The maximum atomic E-state index is 13.6. The quantitative estimate of drug-likeness (QED) is 0.853. The average Bonchev–Trinajstić information content (AvgIpc) is 3.02. The van der Waals surface area contributed by atoms with Crippen molar-refractivity contribution in [1.82, 2.24) is 0 Å². The number of amides is 1. The summed E-state index contributed by atoms with van der Waals surface area (Å²) >= 11 is 0. The number of ether oxygens (including phenoxy) is 2. The van der Waals surface area contributed by atoms with E-state index < -0.39 is 34.1 Å². The number of fused-ring (bicyclic) bond motifs is 1. The van der Waals surface area contributed by atoms with Gasteiger partial charge in [0.25, 0.3) is 0 Å². The molecule has 1 aliphatic heterocycles. The number of hydrogen-bond donors (Lipinski definition) is 1. The minimum atomic E-state index is -3.82. The van der Waals surface area contributed by atoms with Crippen LogP contribution in [0.5, 0.6) is 11.5 Å². The van der Waals surface area contributed by atoms with Gasteiger partial charge in [-0.05, 0) is 24.3 Å². The van der Waals surface area contributed by atoms with E-state index in [0.717, 1.165) is 22.7 Å². The highest BCUT2D eigenvalue weighted by Gasteiger charge is 2.24. The van der Waals surface area contributed by atoms with E-state index in [0.29, 0.717) is 17.6 Å². The monoisotopic (exact) mass is 384 g/mol. The Kier molecular flexibility index (Phi) is 4.68. The summed E-state index contributed by atoms with van der Waals surface area (Å²) in [5.74, 6) is -1.74. The second kappa shape index (κ2) is 6.79. The lowest BCUT2D eigenvalue weighted by Gasteiger charge is -2.22. The molecule has 1 N–H and O–H groups in total. The minimum absolute atomic E-state index is 0.0159. The molecule has 26 heavy (non-hydrogen) atoms. The Hall–Kier alpha value is -2.88. The fraction of sp³-hybridized carbons (Fsp3) is 0.188. The first-order chi connectivity index (χ1) is 12.2. The van der Waals surface area contributed by atoms with Crippen LogP contribution in [0.25, 0.3) is 0 Å². The molecule has 0 fully saturated rings. The van der Waals surface area contributed by atoms with Gasteiger partial charge in [-0.3, -0.25) is 9.10 Å². The van der Waals surface area contributed by atoms with E-state index >= 15 is 0 Å². The van der Waals surface area contributed by atoms with Crippen LogP contribution in [0, 0.1) is 11.6 Å². The van der Waals surface area contributed by atoms with Gasteiger partial charge in [-0.1, -0.05) is 0 Å². The second-order valence-electron chi connectivity index (χ2n) is 5.48. The van der Waals surface area contributed by atoms with Gasteiger partial charge in [-0.25, -0.2) is 17.2 Å². The Labute approximate surface area is 148 Å². The number of anilines is 2. The predicted octanol–water partition coefficient (Wildman–Crippen LogP) is 2.10. The van der Waals surface area contributed by atoms with Crippen molar-refractivity contribution in [2.24, 2.45) is 0 Å². The van der Waals surface area contributed by atoms with Crippen molar-refractivity contribution in [3.05, 3.63) is 48.0 Å². The molecule has 1 aliphatic rings. The van der Waals surface area contributed by atoms with Crippen LogP contribution >= 0.6 is 0 Å². The zero-order valence-corrected chi connectivity index (χ0v) is 14.3. The van der Waals surface area contributed by atoms with E-state index in [-0.39, 0.29) is 18.2 Å². The van der Waals surface area contributed by atoms with E-state index in [1.54, 1.807) is 0 Å². The number of nitrogens with one attached hydrogen (secondary N) is 1. The summed E-state index contributed by atoms with van der Waals surface area (Å²) in [7, 11) is -3.82. The van der Waals surface area contributed by atoms with Gasteiger partial charge < -0.3 is 14.8 Å². The van der Waals surface area contributed by atoms with Crippen molar-refractivity contribution in [2.45, 2.75) is 0 Å². The van der Waals surface area contributed by atoms with Gasteiger partial charge in [0.05, 0.1) is 17.6 Å². The molecule has 0 saturated heterocycles. The number of hydrogen-bond acceptors (Lipinski definition) is 5. The number of rotatable bonds is 5. The summed E-state index contributed by atoms with van der Waals surface area (Å²) in [5, 5.41) is 2.22. The molecular formula is C16H14F2N2O5S. The Morgan fingerprint density at radius 2 is 1.88 bits per heavy atom. The molecule has 0 bridgehead atoms. The highest BCUT2D eigenvalue weighted by atomic mass is 32.2. The number of halogens is 2. The van der Waals surface area contributed by atoms with E-state index in [1.807, 2.05) is 0 Å². The zero-order valence-electron chi connectivity index (χ0n) is 13.5. The molecule has 0 unspecified atom stereocenters. The summed E-state index contributed by atoms with van der Waals surface area (Å²) in [4.78, 5) is 12.2. The number of nitrogens with zero attached hydrogens (tertiary/aromatic N) is 1. The summed E-state index contributed by atoms with van der Waals surface area (Å²) in [5.41, 5.74) is -0.0676. The first kappa shape index (κ1) is 17.9. The molecule has 0 saturated carbocycles. The van der Waals surface area contributed by atoms with Crippen LogP contribution in [-0.2, 0) is 14.8 Å². The summed E-state index contributed by atoms with van der Waals surface area (Å²) in [6.07, 6.45) is 0.934. The molecule has 0 aromatic heterocycles. The number of benzene rings is 2. The molecule has 0 atom stereocenters. The number of carbonyl (C=O) groups excluding carboxylic acids is 1. The van der Waals surface area contributed by atoms with Gasteiger partial charge in [0, 0.05) is 12.1 Å². The van der Waals surface area contributed by atoms with Crippen LogP contribution in [0.4, 0.5) is 20.2 Å². The first-order valence-corrected chi connectivity index (χ1v) is 9.21. The number of carbonyl (C=O) groups is 1. The molecule has 0 aliphatic carbocycles. The Bertz CT molecular complexity index is 965. The van der Waals surface area contributed by atoms with Crippen molar-refractivity contribution in [3.8, 4) is 11.5 Å². The Balaban J connectivity index is 1.82. The van der Waals surface area contributed by atoms with Crippen LogP contribution < -0.4 is 19.1 Å². The summed E-state index contributed by atoms with van der Waals surface area (Å²) in [6, 6.07) is 7.05. The molecule has 1 heterocycles. The molecule has 2 aromatic rings. The topological polar surface area (TPSA) is 84.9 Å². The normalized spacial score (nSPS) is 12.7. The van der Waals surface area contributed by atoms with Gasteiger partial charge in [-0.15, -0.1) is 0 Å². The van der Waals surface area contributed by atoms with E-state index in [9.17, 15) is 22.0 Å². The van der Waals surface area contributed by atoms with Gasteiger partial charge in [0.1, 0.15) is 18.2 Å². The molecule has 1 amide bonds. The van der Waals surface area contributed by atoms with Crippen LogP contribution in [0.1, 0.15) is 0 Å². The standard InChI is InChI=1S/C16H14F2N2O5S/c1-26(22,23)20(11-3-5-14-15(7-11)25-9-24-14)8-16(21)19-13-4-2-10(17)6-12(13)18/h2-7H,8-9H2,1H3,(H,19,21). The maximum Gasteiger partial charge on any atom is 0.245 e. The molecule has 7 nitrogen and oxygen atoms in total. The highest BCUT2D eigenvalue weighted by molar-refractivity contribution is 7.92. The van der Waals surface area contributed by atoms with Crippen molar-refractivity contribution >= 4 is 27.3 Å². The minimum Gasteiger partial charge on any atom is -0.454 e. The number of sulfonamides is 1. The van der Waals surface area contributed by atoms with Crippen molar-refractivity contribution < 1.29 is 31.5 Å². The van der Waals surface area contributed by atoms with E-state index in [4.69, 9.17) is 9.47 Å². The fourth-order valence-electron chi connectivity index (χ4n) is 2.35. The average molecular weight is 384 g/mol.